The Morgan fingerprint density at radius 1 is 1.21 bits per heavy atom. The standard InChI is InChI=1S/C22H31N3O4/c1-16(2)13-17-14-24-20(26)18-7-3-4-8-19(18)28-11-6-5-9-22(21(27)25-17)15-23-10-12-29-22/h3-8,16-17,23H,9-15H2,1-2H3,(H,24,26)(H,25,27)/b6-5-/t17-,22?/m0/s1. The van der Waals surface area contributed by atoms with Crippen LogP contribution < -0.4 is 20.7 Å². The van der Waals surface area contributed by atoms with E-state index in [4.69, 9.17) is 9.47 Å². The molecule has 1 unspecified atom stereocenters. The molecule has 1 fully saturated rings. The lowest BCUT2D eigenvalue weighted by molar-refractivity contribution is -0.151. The normalized spacial score (nSPS) is 27.3. The van der Waals surface area contributed by atoms with Crippen LogP contribution in [0.5, 0.6) is 5.75 Å². The first-order chi connectivity index (χ1) is 14.0. The summed E-state index contributed by atoms with van der Waals surface area (Å²) >= 11 is 0. The summed E-state index contributed by atoms with van der Waals surface area (Å²) in [5.74, 6) is 0.553. The fourth-order valence-electron chi connectivity index (χ4n) is 3.68. The minimum Gasteiger partial charge on any atom is -0.489 e. The van der Waals surface area contributed by atoms with Gasteiger partial charge in [-0.1, -0.05) is 38.1 Å². The van der Waals surface area contributed by atoms with Crippen LogP contribution in [0.2, 0.25) is 0 Å². The first kappa shape index (κ1) is 21.3. The molecule has 158 valence electrons. The lowest BCUT2D eigenvalue weighted by Crippen LogP contribution is -2.61. The van der Waals surface area contributed by atoms with E-state index in [1.807, 2.05) is 24.3 Å². The van der Waals surface area contributed by atoms with Gasteiger partial charge in [-0.2, -0.15) is 0 Å². The first-order valence-electron chi connectivity index (χ1n) is 10.3. The molecule has 3 N–H and O–H groups in total. The number of benzene rings is 1. The molecule has 1 spiro atoms. The van der Waals surface area contributed by atoms with Crippen molar-refractivity contribution < 1.29 is 19.1 Å². The molecule has 2 amide bonds. The first-order valence-corrected chi connectivity index (χ1v) is 10.3. The zero-order valence-corrected chi connectivity index (χ0v) is 17.2. The van der Waals surface area contributed by atoms with Crippen LogP contribution in [0.15, 0.2) is 36.4 Å². The van der Waals surface area contributed by atoms with E-state index in [-0.39, 0.29) is 17.9 Å². The fraction of sp³-hybridized carbons (Fsp3) is 0.545. The van der Waals surface area contributed by atoms with Crippen LogP contribution in [0.1, 0.15) is 37.0 Å². The number of hydrogen-bond acceptors (Lipinski definition) is 5. The third-order valence-electron chi connectivity index (χ3n) is 5.16. The van der Waals surface area contributed by atoms with Crippen molar-refractivity contribution in [1.82, 2.24) is 16.0 Å². The van der Waals surface area contributed by atoms with Gasteiger partial charge in [-0.15, -0.1) is 0 Å². The molecule has 2 atom stereocenters. The van der Waals surface area contributed by atoms with Gasteiger partial charge in [-0.05, 0) is 24.5 Å². The number of nitrogens with one attached hydrogen (secondary N) is 3. The molecule has 0 saturated carbocycles. The third kappa shape index (κ3) is 5.58. The summed E-state index contributed by atoms with van der Waals surface area (Å²) in [7, 11) is 0. The zero-order chi connectivity index (χ0) is 20.7. The molecule has 7 heteroatoms. The second kappa shape index (κ2) is 9.89. The van der Waals surface area contributed by atoms with Gasteiger partial charge in [0.1, 0.15) is 12.4 Å². The molecule has 0 bridgehead atoms. The van der Waals surface area contributed by atoms with Gasteiger partial charge in [0.15, 0.2) is 5.60 Å². The highest BCUT2D eigenvalue weighted by molar-refractivity contribution is 5.97. The summed E-state index contributed by atoms with van der Waals surface area (Å²) in [6.45, 7) is 6.51. The maximum absolute atomic E-state index is 13.2. The van der Waals surface area contributed by atoms with Crippen molar-refractivity contribution in [3.05, 3.63) is 42.0 Å². The molecule has 0 aliphatic carbocycles. The van der Waals surface area contributed by atoms with Crippen molar-refractivity contribution in [2.45, 2.75) is 38.3 Å². The van der Waals surface area contributed by atoms with Gasteiger partial charge in [0.05, 0.1) is 12.2 Å². The molecule has 29 heavy (non-hydrogen) atoms. The largest absolute Gasteiger partial charge is 0.489 e. The molecule has 1 aromatic carbocycles. The number of para-hydroxylation sites is 1. The van der Waals surface area contributed by atoms with Crippen molar-refractivity contribution >= 4 is 11.8 Å². The zero-order valence-electron chi connectivity index (χ0n) is 17.2. The molecular formula is C22H31N3O4. The summed E-state index contributed by atoms with van der Waals surface area (Å²) in [4.78, 5) is 25.9. The predicted octanol–water partition coefficient (Wildman–Crippen LogP) is 1.64. The molecule has 2 heterocycles. The van der Waals surface area contributed by atoms with Crippen LogP contribution >= 0.6 is 0 Å². The van der Waals surface area contributed by atoms with Crippen LogP contribution in [0.3, 0.4) is 0 Å². The number of carbonyl (C=O) groups is 2. The van der Waals surface area contributed by atoms with Gasteiger partial charge in [0.2, 0.25) is 0 Å². The smallest absolute Gasteiger partial charge is 0.255 e. The fourth-order valence-corrected chi connectivity index (χ4v) is 3.68. The average molecular weight is 402 g/mol. The number of rotatable bonds is 2. The molecule has 1 saturated heterocycles. The second-order valence-electron chi connectivity index (χ2n) is 8.01. The Bertz CT molecular complexity index is 741. The molecule has 1 aromatic rings. The summed E-state index contributed by atoms with van der Waals surface area (Å²) < 4.78 is 11.7. The van der Waals surface area contributed by atoms with Gasteiger partial charge >= 0.3 is 0 Å². The maximum atomic E-state index is 13.2. The highest BCUT2D eigenvalue weighted by Gasteiger charge is 2.41. The van der Waals surface area contributed by atoms with Gasteiger partial charge < -0.3 is 25.4 Å². The summed E-state index contributed by atoms with van der Waals surface area (Å²) in [6, 6.07) is 7.00. The van der Waals surface area contributed by atoms with Gasteiger partial charge in [0.25, 0.3) is 11.8 Å². The van der Waals surface area contributed by atoms with Gasteiger partial charge in [-0.3, -0.25) is 9.59 Å². The Morgan fingerprint density at radius 2 is 2.03 bits per heavy atom. The highest BCUT2D eigenvalue weighted by atomic mass is 16.5. The number of ether oxygens (including phenoxy) is 2. The Kier molecular flexibility index (Phi) is 7.28. The number of morpholine rings is 1. The van der Waals surface area contributed by atoms with Crippen LogP contribution in [0.25, 0.3) is 0 Å². The SMILES string of the molecule is CC(C)C[C@H]1CNC(=O)c2ccccc2OC/C=C\CC2(CNCCO2)C(=O)N1. The van der Waals surface area contributed by atoms with Crippen molar-refractivity contribution in [2.75, 3.05) is 32.8 Å². The number of carbonyl (C=O) groups excluding carboxylic acids is 2. The predicted molar refractivity (Wildman–Crippen MR) is 111 cm³/mol. The quantitative estimate of drug-likeness (QED) is 0.656. The molecule has 3 rings (SSSR count). The van der Waals surface area contributed by atoms with E-state index < -0.39 is 5.60 Å². The minimum atomic E-state index is -0.948. The Labute approximate surface area is 172 Å². The lowest BCUT2D eigenvalue weighted by atomic mass is 9.94. The third-order valence-corrected chi connectivity index (χ3v) is 5.16. The summed E-state index contributed by atoms with van der Waals surface area (Å²) in [6.07, 6.45) is 4.98. The van der Waals surface area contributed by atoms with E-state index >= 15 is 0 Å². The minimum absolute atomic E-state index is 0.146. The van der Waals surface area contributed by atoms with Crippen molar-refractivity contribution in [3.8, 4) is 5.75 Å². The Balaban J connectivity index is 1.86. The average Bonchev–Trinajstić information content (AvgIpc) is 2.71. The molecule has 7 nitrogen and oxygen atoms in total. The number of fused-ring (bicyclic) bond motifs is 1. The Hall–Kier alpha value is -2.38. The molecule has 0 radical (unpaired) electrons. The second-order valence-corrected chi connectivity index (χ2v) is 8.01. The molecule has 0 aromatic heterocycles. The van der Waals surface area contributed by atoms with E-state index in [9.17, 15) is 9.59 Å². The maximum Gasteiger partial charge on any atom is 0.255 e. The highest BCUT2D eigenvalue weighted by Crippen LogP contribution is 2.22. The van der Waals surface area contributed by atoms with Crippen LogP contribution in [0, 0.1) is 5.92 Å². The van der Waals surface area contributed by atoms with Crippen LogP contribution in [-0.4, -0.2) is 56.3 Å². The van der Waals surface area contributed by atoms with Crippen LogP contribution in [-0.2, 0) is 9.53 Å². The number of hydrogen-bond donors (Lipinski definition) is 3. The van der Waals surface area contributed by atoms with Crippen molar-refractivity contribution in [2.24, 2.45) is 5.92 Å². The molecular weight excluding hydrogens is 370 g/mol. The van der Waals surface area contributed by atoms with E-state index in [1.54, 1.807) is 12.1 Å². The summed E-state index contributed by atoms with van der Waals surface area (Å²) in [5, 5.41) is 9.34. The van der Waals surface area contributed by atoms with E-state index in [0.29, 0.717) is 50.0 Å². The Morgan fingerprint density at radius 3 is 2.79 bits per heavy atom. The summed E-state index contributed by atoms with van der Waals surface area (Å²) in [5.41, 5.74) is -0.459. The van der Waals surface area contributed by atoms with Gasteiger partial charge in [-0.25, -0.2) is 0 Å². The van der Waals surface area contributed by atoms with Gasteiger partial charge in [0, 0.05) is 32.1 Å². The lowest BCUT2D eigenvalue weighted by Gasteiger charge is -2.37. The van der Waals surface area contributed by atoms with E-state index in [1.165, 1.54) is 0 Å². The topological polar surface area (TPSA) is 88.7 Å². The molecule has 2 aliphatic rings. The van der Waals surface area contributed by atoms with Crippen LogP contribution in [0.4, 0.5) is 0 Å². The number of amides is 2. The molecule has 2 aliphatic heterocycles. The monoisotopic (exact) mass is 401 g/mol. The van der Waals surface area contributed by atoms with E-state index in [0.717, 1.165) is 13.0 Å². The van der Waals surface area contributed by atoms with Crippen molar-refractivity contribution in [1.29, 1.82) is 0 Å². The van der Waals surface area contributed by atoms with E-state index in [2.05, 4.69) is 29.8 Å². The van der Waals surface area contributed by atoms with Crippen molar-refractivity contribution in [3.63, 3.8) is 0 Å².